The topological polar surface area (TPSA) is 45.2 Å². The Labute approximate surface area is 102 Å². The van der Waals surface area contributed by atoms with Crippen LogP contribution in [0.25, 0.3) is 0 Å². The monoisotopic (exact) mass is 233 g/mol. The molecule has 0 radical (unpaired) electrons. The number of amides is 1. The standard InChI is InChI=1S/C13H19N3O/c1-3-13(17)16-7-6-15-12(9-16)11-4-5-14-8-10(11)2/h4-5,8,12,15H,3,6-7,9H2,1-2H3. The Kier molecular flexibility index (Phi) is 3.74. The Hall–Kier alpha value is -1.42. The Bertz CT molecular complexity index is 405. The predicted molar refractivity (Wildman–Crippen MR) is 66.6 cm³/mol. The first kappa shape index (κ1) is 12.0. The van der Waals surface area contributed by atoms with Gasteiger partial charge in [-0.2, -0.15) is 0 Å². The van der Waals surface area contributed by atoms with Crippen LogP contribution in [0.15, 0.2) is 18.5 Å². The molecule has 1 unspecified atom stereocenters. The molecule has 1 atom stereocenters. The molecule has 4 nitrogen and oxygen atoms in total. The van der Waals surface area contributed by atoms with Crippen molar-refractivity contribution in [3.8, 4) is 0 Å². The van der Waals surface area contributed by atoms with Gasteiger partial charge in [0.25, 0.3) is 0 Å². The van der Waals surface area contributed by atoms with Crippen molar-refractivity contribution < 1.29 is 4.79 Å². The van der Waals surface area contributed by atoms with Crippen molar-refractivity contribution in [1.29, 1.82) is 0 Å². The summed E-state index contributed by atoms with van der Waals surface area (Å²) in [6.45, 7) is 6.41. The van der Waals surface area contributed by atoms with Crippen LogP contribution in [0.3, 0.4) is 0 Å². The number of hydrogen-bond donors (Lipinski definition) is 1. The SMILES string of the molecule is CCC(=O)N1CCNC(c2ccncc2C)C1. The summed E-state index contributed by atoms with van der Waals surface area (Å²) in [5.74, 6) is 0.239. The van der Waals surface area contributed by atoms with Gasteiger partial charge in [-0.3, -0.25) is 9.78 Å². The minimum Gasteiger partial charge on any atom is -0.340 e. The Balaban J connectivity index is 2.12. The third-order valence-corrected chi connectivity index (χ3v) is 3.27. The van der Waals surface area contributed by atoms with Gasteiger partial charge in [-0.25, -0.2) is 0 Å². The minimum absolute atomic E-state index is 0.238. The summed E-state index contributed by atoms with van der Waals surface area (Å²) in [5, 5.41) is 3.46. The Morgan fingerprint density at radius 3 is 3.18 bits per heavy atom. The van der Waals surface area contributed by atoms with Crippen LogP contribution in [0.4, 0.5) is 0 Å². The van der Waals surface area contributed by atoms with E-state index in [1.165, 1.54) is 11.1 Å². The molecule has 4 heteroatoms. The summed E-state index contributed by atoms with van der Waals surface area (Å²) >= 11 is 0. The molecule has 17 heavy (non-hydrogen) atoms. The van der Waals surface area contributed by atoms with Crippen molar-refractivity contribution in [3.63, 3.8) is 0 Å². The largest absolute Gasteiger partial charge is 0.340 e. The van der Waals surface area contributed by atoms with Gasteiger partial charge in [-0.15, -0.1) is 0 Å². The number of nitrogens with one attached hydrogen (secondary N) is 1. The molecule has 0 aliphatic carbocycles. The van der Waals surface area contributed by atoms with Crippen molar-refractivity contribution in [2.45, 2.75) is 26.3 Å². The predicted octanol–water partition coefficient (Wildman–Crippen LogP) is 1.27. The highest BCUT2D eigenvalue weighted by molar-refractivity contribution is 5.76. The lowest BCUT2D eigenvalue weighted by molar-refractivity contribution is -0.132. The Morgan fingerprint density at radius 1 is 1.65 bits per heavy atom. The van der Waals surface area contributed by atoms with Gasteiger partial charge in [0.05, 0.1) is 6.04 Å². The van der Waals surface area contributed by atoms with E-state index < -0.39 is 0 Å². The third-order valence-electron chi connectivity index (χ3n) is 3.27. The number of nitrogens with zero attached hydrogens (tertiary/aromatic N) is 2. The van der Waals surface area contributed by atoms with Gasteiger partial charge in [0.2, 0.25) is 5.91 Å². The smallest absolute Gasteiger partial charge is 0.222 e. The molecule has 1 saturated heterocycles. The average molecular weight is 233 g/mol. The summed E-state index contributed by atoms with van der Waals surface area (Å²) in [6.07, 6.45) is 4.27. The van der Waals surface area contributed by atoms with E-state index in [0.29, 0.717) is 6.42 Å². The molecule has 1 fully saturated rings. The van der Waals surface area contributed by atoms with Crippen LogP contribution in [0.1, 0.15) is 30.5 Å². The van der Waals surface area contributed by atoms with Crippen molar-refractivity contribution in [3.05, 3.63) is 29.6 Å². The molecule has 1 aliphatic rings. The lowest BCUT2D eigenvalue weighted by atomic mass is 10.0. The van der Waals surface area contributed by atoms with Crippen LogP contribution in [0, 0.1) is 6.92 Å². The van der Waals surface area contributed by atoms with Gasteiger partial charge in [0.15, 0.2) is 0 Å². The van der Waals surface area contributed by atoms with E-state index in [1.807, 2.05) is 30.3 Å². The third kappa shape index (κ3) is 2.64. The van der Waals surface area contributed by atoms with Gasteiger partial charge >= 0.3 is 0 Å². The molecule has 0 saturated carbocycles. The fourth-order valence-corrected chi connectivity index (χ4v) is 2.28. The van der Waals surface area contributed by atoms with Gasteiger partial charge in [-0.1, -0.05) is 6.92 Å². The second-order valence-corrected chi connectivity index (χ2v) is 4.43. The van der Waals surface area contributed by atoms with Gasteiger partial charge in [0, 0.05) is 38.4 Å². The summed E-state index contributed by atoms with van der Waals surface area (Å²) < 4.78 is 0. The number of carbonyl (C=O) groups excluding carboxylic acids is 1. The van der Waals surface area contributed by atoms with Crippen LogP contribution >= 0.6 is 0 Å². The first-order valence-corrected chi connectivity index (χ1v) is 6.14. The molecular formula is C13H19N3O. The molecule has 2 heterocycles. The molecular weight excluding hydrogens is 214 g/mol. The molecule has 92 valence electrons. The molecule has 0 aromatic carbocycles. The van der Waals surface area contributed by atoms with E-state index in [2.05, 4.69) is 17.2 Å². The van der Waals surface area contributed by atoms with Gasteiger partial charge < -0.3 is 10.2 Å². The Morgan fingerprint density at radius 2 is 2.47 bits per heavy atom. The second kappa shape index (κ2) is 5.27. The molecule has 0 bridgehead atoms. The minimum atomic E-state index is 0.238. The summed E-state index contributed by atoms with van der Waals surface area (Å²) in [4.78, 5) is 17.8. The van der Waals surface area contributed by atoms with E-state index in [1.54, 1.807) is 0 Å². The number of pyridine rings is 1. The number of hydrogen-bond acceptors (Lipinski definition) is 3. The molecule has 1 aromatic heterocycles. The van der Waals surface area contributed by atoms with Crippen molar-refractivity contribution in [1.82, 2.24) is 15.2 Å². The van der Waals surface area contributed by atoms with Crippen LogP contribution in [0.2, 0.25) is 0 Å². The highest BCUT2D eigenvalue weighted by Gasteiger charge is 2.24. The quantitative estimate of drug-likeness (QED) is 0.836. The summed E-state index contributed by atoms with van der Waals surface area (Å²) in [5.41, 5.74) is 2.42. The molecule has 1 amide bonds. The first-order chi connectivity index (χ1) is 8.22. The maximum atomic E-state index is 11.7. The summed E-state index contributed by atoms with van der Waals surface area (Å²) in [7, 11) is 0. The molecule has 2 rings (SSSR count). The highest BCUT2D eigenvalue weighted by atomic mass is 16.2. The lowest BCUT2D eigenvalue weighted by Crippen LogP contribution is -2.48. The zero-order valence-corrected chi connectivity index (χ0v) is 10.4. The van der Waals surface area contributed by atoms with Gasteiger partial charge in [-0.05, 0) is 24.1 Å². The number of aromatic nitrogens is 1. The molecule has 1 aliphatic heterocycles. The van der Waals surface area contributed by atoms with Crippen LogP contribution in [0.5, 0.6) is 0 Å². The van der Waals surface area contributed by atoms with Crippen LogP contribution < -0.4 is 5.32 Å². The van der Waals surface area contributed by atoms with E-state index in [4.69, 9.17) is 0 Å². The zero-order valence-electron chi connectivity index (χ0n) is 10.4. The normalized spacial score (nSPS) is 20.4. The van der Waals surface area contributed by atoms with Crippen LogP contribution in [-0.2, 0) is 4.79 Å². The highest BCUT2D eigenvalue weighted by Crippen LogP contribution is 2.20. The fourth-order valence-electron chi connectivity index (χ4n) is 2.28. The van der Waals surface area contributed by atoms with E-state index >= 15 is 0 Å². The number of rotatable bonds is 2. The average Bonchev–Trinajstić information content (AvgIpc) is 2.38. The van der Waals surface area contributed by atoms with Crippen LogP contribution in [-0.4, -0.2) is 35.4 Å². The first-order valence-electron chi connectivity index (χ1n) is 6.14. The number of piperazine rings is 1. The second-order valence-electron chi connectivity index (χ2n) is 4.43. The maximum Gasteiger partial charge on any atom is 0.222 e. The van der Waals surface area contributed by atoms with Gasteiger partial charge in [0.1, 0.15) is 0 Å². The molecule has 0 spiro atoms. The molecule has 1 N–H and O–H groups in total. The number of carbonyl (C=O) groups is 1. The van der Waals surface area contributed by atoms with Crippen molar-refractivity contribution >= 4 is 5.91 Å². The zero-order chi connectivity index (χ0) is 12.3. The molecule has 1 aromatic rings. The summed E-state index contributed by atoms with van der Waals surface area (Å²) in [6, 6.07) is 2.27. The van der Waals surface area contributed by atoms with Crippen molar-refractivity contribution in [2.24, 2.45) is 0 Å². The van der Waals surface area contributed by atoms with E-state index in [-0.39, 0.29) is 11.9 Å². The van der Waals surface area contributed by atoms with Crippen molar-refractivity contribution in [2.75, 3.05) is 19.6 Å². The lowest BCUT2D eigenvalue weighted by Gasteiger charge is -2.34. The number of aryl methyl sites for hydroxylation is 1. The van der Waals surface area contributed by atoms with E-state index in [0.717, 1.165) is 19.6 Å². The van der Waals surface area contributed by atoms with E-state index in [9.17, 15) is 4.79 Å². The maximum absolute atomic E-state index is 11.7. The fraction of sp³-hybridized carbons (Fsp3) is 0.538.